The fraction of sp³-hybridized carbons (Fsp3) is 0.200. The van der Waals surface area contributed by atoms with Gasteiger partial charge in [-0.25, -0.2) is 0 Å². The molecule has 2 aromatic rings. The van der Waals surface area contributed by atoms with E-state index in [1.165, 1.54) is 0 Å². The van der Waals surface area contributed by atoms with E-state index >= 15 is 0 Å². The van der Waals surface area contributed by atoms with Crippen LogP contribution in [0.5, 0.6) is 5.75 Å². The van der Waals surface area contributed by atoms with Gasteiger partial charge in [-0.2, -0.15) is 0 Å². The van der Waals surface area contributed by atoms with Gasteiger partial charge >= 0.3 is 0 Å². The van der Waals surface area contributed by atoms with Gasteiger partial charge in [0.05, 0.1) is 13.7 Å². The smallest absolute Gasteiger partial charge is 0.120 e. The Morgan fingerprint density at radius 3 is 2.71 bits per heavy atom. The molecule has 1 aliphatic rings. The zero-order valence-corrected chi connectivity index (χ0v) is 15.5. The minimum absolute atomic E-state index is 0.718. The molecule has 0 radical (unpaired) electrons. The van der Waals surface area contributed by atoms with Gasteiger partial charge < -0.3 is 4.74 Å². The van der Waals surface area contributed by atoms with E-state index in [0.29, 0.717) is 0 Å². The van der Waals surface area contributed by atoms with E-state index in [0.717, 1.165) is 43.8 Å². The van der Waals surface area contributed by atoms with Gasteiger partial charge in [-0.05, 0) is 56.1 Å². The van der Waals surface area contributed by atoms with Crippen molar-refractivity contribution in [1.29, 1.82) is 0 Å². The van der Waals surface area contributed by atoms with Crippen molar-refractivity contribution in [3.63, 3.8) is 0 Å². The zero-order chi connectivity index (χ0) is 17.1. The average molecular weight is 356 g/mol. The van der Waals surface area contributed by atoms with Crippen LogP contribution in [-0.4, -0.2) is 32.6 Å². The molecular weight excluding hydrogens is 338 g/mol. The Morgan fingerprint density at radius 1 is 1.12 bits per heavy atom. The highest BCUT2D eigenvalue weighted by molar-refractivity contribution is 7.99. The Kier molecular flexibility index (Phi) is 5.20. The molecule has 0 aromatic heterocycles. The van der Waals surface area contributed by atoms with E-state index < -0.39 is 0 Å². The molecule has 1 aliphatic heterocycles. The fourth-order valence-corrected chi connectivity index (χ4v) is 3.64. The normalized spacial score (nSPS) is 12.5. The molecule has 1 heterocycles. The fourth-order valence-electron chi connectivity index (χ4n) is 2.40. The summed E-state index contributed by atoms with van der Waals surface area (Å²) in [7, 11) is 5.71. The highest BCUT2D eigenvalue weighted by Crippen LogP contribution is 2.42. The maximum atomic E-state index is 6.23. The summed E-state index contributed by atoms with van der Waals surface area (Å²) in [5, 5.41) is 0.721. The van der Waals surface area contributed by atoms with Crippen LogP contribution in [0.1, 0.15) is 11.1 Å². The van der Waals surface area contributed by atoms with E-state index in [1.54, 1.807) is 18.9 Å². The van der Waals surface area contributed by atoms with Gasteiger partial charge in [0, 0.05) is 26.0 Å². The number of benzene rings is 2. The van der Waals surface area contributed by atoms with Crippen molar-refractivity contribution < 1.29 is 4.74 Å². The highest BCUT2D eigenvalue weighted by atomic mass is 35.5. The number of nitrogens with zero attached hydrogens (tertiary/aromatic N) is 1. The molecule has 0 fully saturated rings. The molecule has 0 amide bonds. The van der Waals surface area contributed by atoms with Crippen molar-refractivity contribution >= 4 is 35.0 Å². The van der Waals surface area contributed by atoms with Crippen LogP contribution >= 0.6 is 23.4 Å². The van der Waals surface area contributed by atoms with Crippen LogP contribution in [0.2, 0.25) is 5.02 Å². The molecular formula is C20H18ClNOS. The predicted octanol–water partition coefficient (Wildman–Crippen LogP) is 4.92. The summed E-state index contributed by atoms with van der Waals surface area (Å²) in [6.07, 6.45) is 2.13. The van der Waals surface area contributed by atoms with E-state index in [1.807, 2.05) is 32.3 Å². The molecule has 0 saturated heterocycles. The molecule has 0 saturated carbocycles. The third-order valence-corrected chi connectivity index (χ3v) is 4.98. The topological polar surface area (TPSA) is 12.5 Å². The number of halogens is 1. The molecule has 0 aliphatic carbocycles. The standard InChI is InChI=1S/C20H18ClNOS/c1-22(2)10-4-5-14-11-15-6-8-17(23-3)13-20(15)24-19-9-7-16(21)12-18(14)19/h6-9,11-13H,10H2,1-3H3. The lowest BCUT2D eigenvalue weighted by atomic mass is 10.0. The van der Waals surface area contributed by atoms with Crippen molar-refractivity contribution in [3.8, 4) is 17.6 Å². The molecule has 0 spiro atoms. The third kappa shape index (κ3) is 3.79. The maximum absolute atomic E-state index is 6.23. The molecule has 2 nitrogen and oxygen atoms in total. The van der Waals surface area contributed by atoms with Gasteiger partial charge in [-0.15, -0.1) is 0 Å². The van der Waals surface area contributed by atoms with Crippen LogP contribution in [0.25, 0.3) is 11.6 Å². The number of ether oxygens (including phenoxy) is 1. The Balaban J connectivity index is 2.13. The number of methoxy groups -OCH3 is 1. The minimum atomic E-state index is 0.718. The summed E-state index contributed by atoms with van der Waals surface area (Å²) in [6, 6.07) is 12.1. The van der Waals surface area contributed by atoms with Crippen LogP contribution in [0.4, 0.5) is 0 Å². The lowest BCUT2D eigenvalue weighted by Gasteiger charge is -2.08. The van der Waals surface area contributed by atoms with Gasteiger partial charge in [0.25, 0.3) is 0 Å². The first-order chi connectivity index (χ1) is 11.6. The van der Waals surface area contributed by atoms with E-state index in [4.69, 9.17) is 16.3 Å². The molecule has 122 valence electrons. The summed E-state index contributed by atoms with van der Waals surface area (Å²) in [5.74, 6) is 7.39. The molecule has 0 unspecified atom stereocenters. The average Bonchev–Trinajstić information content (AvgIpc) is 2.70. The number of allylic oxidation sites excluding steroid dienone is 1. The molecule has 4 heteroatoms. The number of hydrogen-bond acceptors (Lipinski definition) is 3. The van der Waals surface area contributed by atoms with E-state index in [2.05, 4.69) is 41.0 Å². The largest absolute Gasteiger partial charge is 0.497 e. The summed E-state index contributed by atoms with van der Waals surface area (Å²) < 4.78 is 5.36. The Morgan fingerprint density at radius 2 is 1.96 bits per heavy atom. The van der Waals surface area contributed by atoms with Gasteiger partial charge in [0.1, 0.15) is 5.75 Å². The van der Waals surface area contributed by atoms with Crippen molar-refractivity contribution in [2.24, 2.45) is 0 Å². The van der Waals surface area contributed by atoms with E-state index in [-0.39, 0.29) is 0 Å². The predicted molar refractivity (Wildman–Crippen MR) is 103 cm³/mol. The van der Waals surface area contributed by atoms with Crippen molar-refractivity contribution in [1.82, 2.24) is 4.90 Å². The second-order valence-corrected chi connectivity index (χ2v) is 7.26. The molecule has 24 heavy (non-hydrogen) atoms. The van der Waals surface area contributed by atoms with Crippen LogP contribution < -0.4 is 4.74 Å². The molecule has 0 N–H and O–H groups in total. The number of hydrogen-bond donors (Lipinski definition) is 0. The summed E-state index contributed by atoms with van der Waals surface area (Å²) in [5.41, 5.74) is 3.21. The first kappa shape index (κ1) is 17.0. The first-order valence-corrected chi connectivity index (χ1v) is 8.77. The lowest BCUT2D eigenvalue weighted by molar-refractivity contribution is 0.413. The third-order valence-electron chi connectivity index (χ3n) is 3.59. The van der Waals surface area contributed by atoms with Crippen molar-refractivity contribution in [3.05, 3.63) is 52.5 Å². The van der Waals surface area contributed by atoms with Gasteiger partial charge in [0.15, 0.2) is 0 Å². The second-order valence-electron chi connectivity index (χ2n) is 5.74. The van der Waals surface area contributed by atoms with Gasteiger partial charge in [0.2, 0.25) is 0 Å². The Hall–Kier alpha value is -1.86. The Bertz CT molecular complexity index is 862. The van der Waals surface area contributed by atoms with Crippen molar-refractivity contribution in [2.45, 2.75) is 9.79 Å². The number of fused-ring (bicyclic) bond motifs is 2. The van der Waals surface area contributed by atoms with Gasteiger partial charge in [-0.1, -0.05) is 41.3 Å². The zero-order valence-electron chi connectivity index (χ0n) is 13.9. The molecule has 3 rings (SSSR count). The highest BCUT2D eigenvalue weighted by Gasteiger charge is 2.16. The molecule has 2 aromatic carbocycles. The monoisotopic (exact) mass is 355 g/mol. The van der Waals surface area contributed by atoms with Crippen LogP contribution in [0, 0.1) is 11.8 Å². The van der Waals surface area contributed by atoms with Crippen LogP contribution in [-0.2, 0) is 0 Å². The van der Waals surface area contributed by atoms with Crippen LogP contribution in [0.3, 0.4) is 0 Å². The van der Waals surface area contributed by atoms with Crippen molar-refractivity contribution in [2.75, 3.05) is 27.7 Å². The maximum Gasteiger partial charge on any atom is 0.120 e. The van der Waals surface area contributed by atoms with Crippen LogP contribution in [0.15, 0.2) is 46.2 Å². The van der Waals surface area contributed by atoms with Gasteiger partial charge in [-0.3, -0.25) is 4.90 Å². The minimum Gasteiger partial charge on any atom is -0.497 e. The molecule has 0 atom stereocenters. The summed E-state index contributed by atoms with van der Waals surface area (Å²) >= 11 is 7.94. The first-order valence-electron chi connectivity index (χ1n) is 7.58. The van der Waals surface area contributed by atoms with E-state index in [9.17, 15) is 0 Å². The molecule has 0 bridgehead atoms. The lowest BCUT2D eigenvalue weighted by Crippen LogP contribution is -2.10. The quantitative estimate of drug-likeness (QED) is 0.709. The second kappa shape index (κ2) is 7.36. The Labute approximate surface area is 152 Å². The SMILES string of the molecule is COc1ccc2c(c1)Sc1ccc(Cl)cc1C(C#CCN(C)C)=C2. The summed E-state index contributed by atoms with van der Waals surface area (Å²) in [4.78, 5) is 4.36. The summed E-state index contributed by atoms with van der Waals surface area (Å²) in [6.45, 7) is 0.718. The number of rotatable bonds is 2.